The molecule has 1 rings (SSSR count). The first-order chi connectivity index (χ1) is 10.9. The van der Waals surface area contributed by atoms with Crippen LogP contribution in [0.5, 0.6) is 0 Å². The van der Waals surface area contributed by atoms with Crippen LogP contribution in [0.15, 0.2) is 41.8 Å². The summed E-state index contributed by atoms with van der Waals surface area (Å²) in [6.45, 7) is 0. The molecule has 3 nitrogen and oxygen atoms in total. The molecule has 0 spiro atoms. The predicted octanol–water partition coefficient (Wildman–Crippen LogP) is 5.54. The van der Waals surface area contributed by atoms with E-state index in [4.69, 9.17) is 5.21 Å². The van der Waals surface area contributed by atoms with Gasteiger partial charge in [0.05, 0.1) is 0 Å². The standard InChI is InChI=1S/C19H30N2O/c22-21-17-12-10-8-6-4-2-1-3-5-7-9-11-14-19-15-13-16-20-18-19/h7,9,13,15-18,22H,1-6,8,10-12,14H2/b9-7-,21-17?. The van der Waals surface area contributed by atoms with Crippen LogP contribution in [0.3, 0.4) is 0 Å². The molecule has 0 aliphatic heterocycles. The summed E-state index contributed by atoms with van der Waals surface area (Å²) in [6, 6.07) is 4.14. The molecule has 3 heteroatoms. The second-order valence-electron chi connectivity index (χ2n) is 5.72. The van der Waals surface area contributed by atoms with Gasteiger partial charge in [0, 0.05) is 18.6 Å². The SMILES string of the molecule is ON=CCCCCCCCCC/C=C\CCc1cccnc1. The second kappa shape index (κ2) is 14.3. The van der Waals surface area contributed by atoms with Gasteiger partial charge in [-0.2, -0.15) is 0 Å². The minimum absolute atomic E-state index is 0.903. The zero-order chi connectivity index (χ0) is 15.7. The minimum Gasteiger partial charge on any atom is -0.411 e. The summed E-state index contributed by atoms with van der Waals surface area (Å²) in [4.78, 5) is 4.13. The molecule has 0 aromatic carbocycles. The number of aromatic nitrogens is 1. The fourth-order valence-corrected chi connectivity index (χ4v) is 2.47. The summed E-state index contributed by atoms with van der Waals surface area (Å²) in [5.41, 5.74) is 1.32. The molecule has 0 fully saturated rings. The average molecular weight is 302 g/mol. The number of allylic oxidation sites excluding steroid dienone is 2. The largest absolute Gasteiger partial charge is 0.411 e. The van der Waals surface area contributed by atoms with Crippen molar-refractivity contribution in [3.8, 4) is 0 Å². The van der Waals surface area contributed by atoms with Crippen LogP contribution in [0.25, 0.3) is 0 Å². The van der Waals surface area contributed by atoms with Crippen LogP contribution in [-0.2, 0) is 6.42 Å². The molecular formula is C19H30N2O. The summed E-state index contributed by atoms with van der Waals surface area (Å²) in [5, 5.41) is 11.3. The average Bonchev–Trinajstić information content (AvgIpc) is 2.56. The number of rotatable bonds is 13. The Morgan fingerprint density at radius 3 is 2.27 bits per heavy atom. The molecule has 122 valence electrons. The summed E-state index contributed by atoms with van der Waals surface area (Å²) >= 11 is 0. The van der Waals surface area contributed by atoms with E-state index in [1.807, 2.05) is 18.5 Å². The highest BCUT2D eigenvalue weighted by atomic mass is 16.4. The van der Waals surface area contributed by atoms with Crippen molar-refractivity contribution in [1.82, 2.24) is 4.98 Å². The van der Waals surface area contributed by atoms with Crippen LogP contribution in [0.1, 0.15) is 69.8 Å². The van der Waals surface area contributed by atoms with Gasteiger partial charge < -0.3 is 5.21 Å². The number of pyridine rings is 1. The number of aryl methyl sites for hydroxylation is 1. The maximum absolute atomic E-state index is 8.26. The molecule has 1 aromatic heterocycles. The number of hydrogen-bond acceptors (Lipinski definition) is 3. The Labute approximate surface area is 135 Å². The Morgan fingerprint density at radius 2 is 1.59 bits per heavy atom. The van der Waals surface area contributed by atoms with E-state index in [9.17, 15) is 0 Å². The smallest absolute Gasteiger partial charge is 0.0435 e. The van der Waals surface area contributed by atoms with Crippen LogP contribution in [0.2, 0.25) is 0 Å². The third-order valence-corrected chi connectivity index (χ3v) is 3.77. The second-order valence-corrected chi connectivity index (χ2v) is 5.72. The first-order valence-electron chi connectivity index (χ1n) is 8.63. The Hall–Kier alpha value is -1.64. The molecule has 1 N–H and O–H groups in total. The van der Waals surface area contributed by atoms with Gasteiger partial charge in [0.1, 0.15) is 0 Å². The Kier molecular flexibility index (Phi) is 12.0. The molecule has 0 amide bonds. The van der Waals surface area contributed by atoms with Gasteiger partial charge in [-0.1, -0.05) is 50.3 Å². The van der Waals surface area contributed by atoms with Gasteiger partial charge in [0.2, 0.25) is 0 Å². The molecular weight excluding hydrogens is 272 g/mol. The van der Waals surface area contributed by atoms with Gasteiger partial charge in [0.25, 0.3) is 0 Å². The van der Waals surface area contributed by atoms with Gasteiger partial charge in [-0.15, -0.1) is 5.16 Å². The van der Waals surface area contributed by atoms with Gasteiger partial charge in [-0.05, 0) is 50.2 Å². The topological polar surface area (TPSA) is 45.5 Å². The van der Waals surface area contributed by atoms with E-state index < -0.39 is 0 Å². The van der Waals surface area contributed by atoms with Crippen LogP contribution < -0.4 is 0 Å². The molecule has 0 aliphatic carbocycles. The lowest BCUT2D eigenvalue weighted by Crippen LogP contribution is -1.84. The molecule has 0 aliphatic rings. The highest BCUT2D eigenvalue weighted by molar-refractivity contribution is 5.55. The van der Waals surface area contributed by atoms with E-state index in [0.717, 1.165) is 25.7 Å². The van der Waals surface area contributed by atoms with Crippen molar-refractivity contribution in [3.63, 3.8) is 0 Å². The fourth-order valence-electron chi connectivity index (χ4n) is 2.47. The maximum atomic E-state index is 8.26. The van der Waals surface area contributed by atoms with Crippen molar-refractivity contribution in [3.05, 3.63) is 42.2 Å². The van der Waals surface area contributed by atoms with E-state index in [1.54, 1.807) is 6.21 Å². The van der Waals surface area contributed by atoms with E-state index in [2.05, 4.69) is 28.4 Å². The normalized spacial score (nSPS) is 11.6. The highest BCUT2D eigenvalue weighted by Gasteiger charge is 1.92. The van der Waals surface area contributed by atoms with Crippen LogP contribution in [0, 0.1) is 0 Å². The maximum Gasteiger partial charge on any atom is 0.0435 e. The third kappa shape index (κ3) is 11.1. The monoisotopic (exact) mass is 302 g/mol. The van der Waals surface area contributed by atoms with Crippen LogP contribution in [-0.4, -0.2) is 16.4 Å². The number of unbranched alkanes of at least 4 members (excludes halogenated alkanes) is 8. The molecule has 1 heterocycles. The molecule has 1 aromatic rings. The summed E-state index contributed by atoms with van der Waals surface area (Å²) in [5.74, 6) is 0. The van der Waals surface area contributed by atoms with Gasteiger partial charge in [0.15, 0.2) is 0 Å². The lowest BCUT2D eigenvalue weighted by atomic mass is 10.1. The summed E-state index contributed by atoms with van der Waals surface area (Å²) in [6.07, 6.45) is 23.3. The number of hydrogen-bond donors (Lipinski definition) is 1. The van der Waals surface area contributed by atoms with Gasteiger partial charge in [-0.25, -0.2) is 0 Å². The Bertz CT molecular complexity index is 401. The molecule has 0 saturated carbocycles. The fraction of sp³-hybridized carbons (Fsp3) is 0.579. The Balaban J connectivity index is 1.82. The van der Waals surface area contributed by atoms with E-state index in [0.29, 0.717) is 0 Å². The zero-order valence-electron chi connectivity index (χ0n) is 13.7. The minimum atomic E-state index is 0.903. The molecule has 22 heavy (non-hydrogen) atoms. The highest BCUT2D eigenvalue weighted by Crippen LogP contribution is 2.10. The van der Waals surface area contributed by atoms with Crippen LogP contribution >= 0.6 is 0 Å². The van der Waals surface area contributed by atoms with Crippen molar-refractivity contribution in [1.29, 1.82) is 0 Å². The third-order valence-electron chi connectivity index (χ3n) is 3.77. The quantitative estimate of drug-likeness (QED) is 0.171. The molecule has 0 unspecified atom stereocenters. The first kappa shape index (κ1) is 18.4. The Morgan fingerprint density at radius 1 is 0.909 bits per heavy atom. The van der Waals surface area contributed by atoms with E-state index in [1.165, 1.54) is 50.5 Å². The lowest BCUT2D eigenvalue weighted by Gasteiger charge is -2.00. The summed E-state index contributed by atoms with van der Waals surface area (Å²) < 4.78 is 0. The number of oxime groups is 1. The van der Waals surface area contributed by atoms with Gasteiger partial charge >= 0.3 is 0 Å². The molecule has 0 atom stereocenters. The predicted molar refractivity (Wildman–Crippen MR) is 93.5 cm³/mol. The van der Waals surface area contributed by atoms with E-state index >= 15 is 0 Å². The van der Waals surface area contributed by atoms with Crippen molar-refractivity contribution >= 4 is 6.21 Å². The van der Waals surface area contributed by atoms with Crippen molar-refractivity contribution in [2.24, 2.45) is 5.16 Å². The molecule has 0 saturated heterocycles. The summed E-state index contributed by atoms with van der Waals surface area (Å²) in [7, 11) is 0. The van der Waals surface area contributed by atoms with Crippen molar-refractivity contribution < 1.29 is 5.21 Å². The van der Waals surface area contributed by atoms with Crippen molar-refractivity contribution in [2.75, 3.05) is 0 Å². The number of nitrogens with zero attached hydrogens (tertiary/aromatic N) is 2. The van der Waals surface area contributed by atoms with Crippen LogP contribution in [0.4, 0.5) is 0 Å². The molecule has 0 bridgehead atoms. The first-order valence-corrected chi connectivity index (χ1v) is 8.63. The lowest BCUT2D eigenvalue weighted by molar-refractivity contribution is 0.320. The zero-order valence-corrected chi connectivity index (χ0v) is 13.7. The van der Waals surface area contributed by atoms with E-state index in [-0.39, 0.29) is 0 Å². The van der Waals surface area contributed by atoms with Gasteiger partial charge in [-0.3, -0.25) is 4.98 Å². The molecule has 0 radical (unpaired) electrons. The van der Waals surface area contributed by atoms with Crippen molar-refractivity contribution in [2.45, 2.75) is 70.6 Å².